The van der Waals surface area contributed by atoms with Gasteiger partial charge in [0.1, 0.15) is 0 Å². The Morgan fingerprint density at radius 3 is 2.18 bits per heavy atom. The van der Waals surface area contributed by atoms with E-state index < -0.39 is 0 Å². The molecular formula is C10H19N. The molecule has 0 aliphatic heterocycles. The van der Waals surface area contributed by atoms with Crippen molar-refractivity contribution < 1.29 is 0 Å². The Labute approximate surface area is 69.6 Å². The van der Waals surface area contributed by atoms with Gasteiger partial charge in [0.2, 0.25) is 0 Å². The van der Waals surface area contributed by atoms with Crippen molar-refractivity contribution in [3.63, 3.8) is 0 Å². The molecule has 0 bridgehead atoms. The van der Waals surface area contributed by atoms with Gasteiger partial charge >= 0.3 is 0 Å². The molecule has 0 aromatic rings. The van der Waals surface area contributed by atoms with E-state index in [1.54, 1.807) is 0 Å². The smallest absolute Gasteiger partial charge is 0.00990 e. The third-order valence-corrected chi connectivity index (χ3v) is 3.40. The molecule has 0 aromatic heterocycles. The molecule has 4 unspecified atom stereocenters. The molecule has 0 spiro atoms. The maximum absolute atomic E-state index is 3.75. The highest BCUT2D eigenvalue weighted by Crippen LogP contribution is 2.33. The van der Waals surface area contributed by atoms with Gasteiger partial charge in [-0.15, -0.1) is 0 Å². The molecule has 64 valence electrons. The summed E-state index contributed by atoms with van der Waals surface area (Å²) < 4.78 is 0. The highest BCUT2D eigenvalue weighted by atomic mass is 15.0. The Morgan fingerprint density at radius 2 is 1.73 bits per heavy atom. The van der Waals surface area contributed by atoms with Crippen LogP contribution in [0.4, 0.5) is 0 Å². The van der Waals surface area contributed by atoms with E-state index in [1.807, 2.05) is 0 Å². The van der Waals surface area contributed by atoms with Crippen molar-refractivity contribution in [1.82, 2.24) is 5.32 Å². The SMILES string of the molecule is CC1CCCC1NC1CC1C. The third kappa shape index (κ3) is 1.58. The monoisotopic (exact) mass is 153 g/mol. The van der Waals surface area contributed by atoms with E-state index in [4.69, 9.17) is 0 Å². The molecule has 4 atom stereocenters. The Morgan fingerprint density at radius 1 is 1.00 bits per heavy atom. The van der Waals surface area contributed by atoms with E-state index in [2.05, 4.69) is 19.2 Å². The van der Waals surface area contributed by atoms with Gasteiger partial charge in [-0.2, -0.15) is 0 Å². The first-order chi connectivity index (χ1) is 5.27. The molecule has 2 rings (SSSR count). The van der Waals surface area contributed by atoms with Gasteiger partial charge in [-0.25, -0.2) is 0 Å². The van der Waals surface area contributed by atoms with Crippen LogP contribution in [0.3, 0.4) is 0 Å². The van der Waals surface area contributed by atoms with Crippen LogP contribution in [-0.4, -0.2) is 12.1 Å². The molecule has 1 heteroatoms. The lowest BCUT2D eigenvalue weighted by atomic mass is 10.1. The first-order valence-corrected chi connectivity index (χ1v) is 5.03. The van der Waals surface area contributed by atoms with Crippen LogP contribution < -0.4 is 5.32 Å². The molecule has 0 aromatic carbocycles. The lowest BCUT2D eigenvalue weighted by molar-refractivity contribution is 0.417. The summed E-state index contributed by atoms with van der Waals surface area (Å²) in [6.45, 7) is 4.73. The number of rotatable bonds is 2. The Balaban J connectivity index is 1.77. The molecule has 0 heterocycles. The lowest BCUT2D eigenvalue weighted by Gasteiger charge is -2.16. The van der Waals surface area contributed by atoms with Gasteiger partial charge in [-0.1, -0.05) is 20.3 Å². The van der Waals surface area contributed by atoms with Gasteiger partial charge in [0.15, 0.2) is 0 Å². The molecule has 2 aliphatic carbocycles. The van der Waals surface area contributed by atoms with Crippen molar-refractivity contribution in [2.45, 2.75) is 51.6 Å². The fourth-order valence-electron chi connectivity index (χ4n) is 2.22. The van der Waals surface area contributed by atoms with Gasteiger partial charge in [0.25, 0.3) is 0 Å². The molecule has 2 fully saturated rings. The van der Waals surface area contributed by atoms with Crippen molar-refractivity contribution in [2.24, 2.45) is 11.8 Å². The molecule has 0 saturated heterocycles. The summed E-state index contributed by atoms with van der Waals surface area (Å²) in [5.41, 5.74) is 0. The molecule has 0 radical (unpaired) electrons. The molecule has 1 N–H and O–H groups in total. The summed E-state index contributed by atoms with van der Waals surface area (Å²) in [7, 11) is 0. The van der Waals surface area contributed by atoms with Gasteiger partial charge in [0, 0.05) is 12.1 Å². The van der Waals surface area contributed by atoms with Gasteiger partial charge in [-0.05, 0) is 31.1 Å². The van der Waals surface area contributed by atoms with Crippen LogP contribution in [0.2, 0.25) is 0 Å². The van der Waals surface area contributed by atoms with Crippen molar-refractivity contribution in [3.8, 4) is 0 Å². The number of hydrogen-bond donors (Lipinski definition) is 1. The highest BCUT2D eigenvalue weighted by Gasteiger charge is 2.36. The van der Waals surface area contributed by atoms with E-state index >= 15 is 0 Å². The van der Waals surface area contributed by atoms with Crippen LogP contribution in [0.1, 0.15) is 39.5 Å². The van der Waals surface area contributed by atoms with Crippen molar-refractivity contribution in [2.75, 3.05) is 0 Å². The first-order valence-electron chi connectivity index (χ1n) is 5.03. The van der Waals surface area contributed by atoms with Gasteiger partial charge in [-0.3, -0.25) is 0 Å². The van der Waals surface area contributed by atoms with Crippen molar-refractivity contribution >= 4 is 0 Å². The van der Waals surface area contributed by atoms with Crippen LogP contribution in [-0.2, 0) is 0 Å². The van der Waals surface area contributed by atoms with Crippen molar-refractivity contribution in [1.29, 1.82) is 0 Å². The predicted molar refractivity (Wildman–Crippen MR) is 47.5 cm³/mol. The average Bonchev–Trinajstić information content (AvgIpc) is 2.48. The second kappa shape index (κ2) is 2.78. The van der Waals surface area contributed by atoms with Gasteiger partial charge < -0.3 is 5.32 Å². The first kappa shape index (κ1) is 7.60. The van der Waals surface area contributed by atoms with Gasteiger partial charge in [0.05, 0.1) is 0 Å². The zero-order valence-electron chi connectivity index (χ0n) is 7.64. The third-order valence-electron chi connectivity index (χ3n) is 3.40. The summed E-state index contributed by atoms with van der Waals surface area (Å²) in [6.07, 6.45) is 5.73. The standard InChI is InChI=1S/C10H19N/c1-7-4-3-5-9(7)11-10-6-8(10)2/h7-11H,3-6H2,1-2H3. The minimum absolute atomic E-state index is 0.852. The molecule has 1 nitrogen and oxygen atoms in total. The fraction of sp³-hybridized carbons (Fsp3) is 1.00. The maximum Gasteiger partial charge on any atom is 0.00990 e. The number of nitrogens with one attached hydrogen (secondary N) is 1. The van der Waals surface area contributed by atoms with E-state index in [-0.39, 0.29) is 0 Å². The van der Waals surface area contributed by atoms with E-state index in [0.29, 0.717) is 0 Å². The molecule has 0 amide bonds. The zero-order chi connectivity index (χ0) is 7.84. The summed E-state index contributed by atoms with van der Waals surface area (Å²) in [6, 6.07) is 1.73. The Hall–Kier alpha value is -0.0400. The van der Waals surface area contributed by atoms with Crippen molar-refractivity contribution in [3.05, 3.63) is 0 Å². The predicted octanol–water partition coefficient (Wildman–Crippen LogP) is 2.17. The van der Waals surface area contributed by atoms with Crippen LogP contribution in [0.5, 0.6) is 0 Å². The molecular weight excluding hydrogens is 134 g/mol. The summed E-state index contributed by atoms with van der Waals surface area (Å²) >= 11 is 0. The van der Waals surface area contributed by atoms with E-state index in [1.165, 1.54) is 25.7 Å². The minimum Gasteiger partial charge on any atom is -0.311 e. The van der Waals surface area contributed by atoms with Crippen LogP contribution in [0.15, 0.2) is 0 Å². The van der Waals surface area contributed by atoms with Crippen LogP contribution >= 0.6 is 0 Å². The maximum atomic E-state index is 3.75. The van der Waals surface area contributed by atoms with Crippen LogP contribution in [0.25, 0.3) is 0 Å². The molecule has 11 heavy (non-hydrogen) atoms. The van der Waals surface area contributed by atoms with E-state index in [9.17, 15) is 0 Å². The molecule has 2 aliphatic rings. The van der Waals surface area contributed by atoms with Crippen LogP contribution in [0, 0.1) is 11.8 Å². The Bertz CT molecular complexity index is 144. The normalized spacial score (nSPS) is 49.6. The average molecular weight is 153 g/mol. The largest absolute Gasteiger partial charge is 0.311 e. The quantitative estimate of drug-likeness (QED) is 0.641. The highest BCUT2D eigenvalue weighted by molar-refractivity contribution is 4.94. The Kier molecular flexibility index (Phi) is 1.92. The zero-order valence-corrected chi connectivity index (χ0v) is 7.64. The summed E-state index contributed by atoms with van der Waals surface area (Å²) in [5.74, 6) is 1.89. The minimum atomic E-state index is 0.852. The number of hydrogen-bond acceptors (Lipinski definition) is 1. The van der Waals surface area contributed by atoms with E-state index in [0.717, 1.165) is 23.9 Å². The lowest BCUT2D eigenvalue weighted by Crippen LogP contribution is -2.33. The fourth-order valence-corrected chi connectivity index (χ4v) is 2.22. The summed E-state index contributed by atoms with van der Waals surface area (Å²) in [4.78, 5) is 0. The topological polar surface area (TPSA) is 12.0 Å². The summed E-state index contributed by atoms with van der Waals surface area (Å²) in [5, 5.41) is 3.75. The second-order valence-corrected chi connectivity index (χ2v) is 4.50. The molecule has 2 saturated carbocycles. The second-order valence-electron chi connectivity index (χ2n) is 4.50.